The summed E-state index contributed by atoms with van der Waals surface area (Å²) in [6.07, 6.45) is 3.77. The number of nitrogens with two attached hydrogens (primary N) is 2. The summed E-state index contributed by atoms with van der Waals surface area (Å²) in [4.78, 5) is 165. The molecule has 25 heteroatoms. The number of nitrogens with one attached hydrogen (secondary N) is 5. The average Bonchev–Trinajstić information content (AvgIpc) is 0.670. The fraction of sp³-hybridized carbons (Fsp3) is 0.594. The summed E-state index contributed by atoms with van der Waals surface area (Å²) in [5.41, 5.74) is 10.6. The highest BCUT2D eigenvalue weighted by atomic mass is 16.5. The third kappa shape index (κ3) is 18.5. The molecule has 488 valence electrons. The van der Waals surface area contributed by atoms with Gasteiger partial charge < -0.3 is 47.1 Å². The number of fused-ring (bicyclic) bond motifs is 12. The Bertz CT molecular complexity index is 2770. The molecule has 8 rings (SSSR count). The van der Waals surface area contributed by atoms with Crippen molar-refractivity contribution >= 4 is 82.6 Å². The minimum Gasteiger partial charge on any atom is -0.481 e. The molecular formula is C64H89N7O18. The molecule has 4 fully saturated rings. The first-order valence-electron chi connectivity index (χ1n) is 30.1. The maximum atomic E-state index is 13.5. The normalized spacial score (nSPS) is 24.0. The van der Waals surface area contributed by atoms with Gasteiger partial charge in [0.25, 0.3) is 0 Å². The predicted molar refractivity (Wildman–Crippen MR) is 322 cm³/mol. The quantitative estimate of drug-likeness (QED) is 0.0240. The second-order valence-electron chi connectivity index (χ2n) is 24.1. The van der Waals surface area contributed by atoms with Crippen LogP contribution in [0, 0.1) is 52.3 Å². The number of aliphatic carboxylic acids is 2. The first-order valence-corrected chi connectivity index (χ1v) is 30.1. The van der Waals surface area contributed by atoms with E-state index in [4.69, 9.17) is 31.2 Å². The summed E-state index contributed by atoms with van der Waals surface area (Å²) in [7, 11) is 0. The van der Waals surface area contributed by atoms with Crippen molar-refractivity contribution in [1.82, 2.24) is 26.6 Å². The Balaban J connectivity index is 0.000000296. The van der Waals surface area contributed by atoms with Crippen molar-refractivity contribution in [3.8, 4) is 11.5 Å². The molecule has 6 aliphatic rings. The number of ether oxygens (including phenoxy) is 2. The number of piperidine rings is 1. The first-order chi connectivity index (χ1) is 41.7. The van der Waals surface area contributed by atoms with E-state index in [1.807, 2.05) is 50.2 Å². The lowest BCUT2D eigenvalue weighted by molar-refractivity contribution is -0.206. The number of Topliss-reactive ketones (excluding diaryl/α,β-unsaturated/α-hetero) is 4. The predicted octanol–water partition coefficient (Wildman–Crippen LogP) is 4.73. The van der Waals surface area contributed by atoms with Crippen molar-refractivity contribution in [1.29, 1.82) is 0 Å². The van der Waals surface area contributed by atoms with Crippen LogP contribution in [-0.4, -0.2) is 125 Å². The number of carbonyl (C=O) groups is 14. The number of amides is 7. The number of carboxylic acids is 2. The summed E-state index contributed by atoms with van der Waals surface area (Å²) in [5, 5.41) is 29.7. The lowest BCUT2D eigenvalue weighted by Crippen LogP contribution is -2.86. The molecule has 2 saturated heterocycles. The Labute approximate surface area is 518 Å². The number of imide groups is 2. The number of para-hydroxylation sites is 2. The van der Waals surface area contributed by atoms with Gasteiger partial charge in [0.2, 0.25) is 29.5 Å². The topological polar surface area (TPSA) is 410 Å². The summed E-state index contributed by atoms with van der Waals surface area (Å²) < 4.78 is 10.9. The van der Waals surface area contributed by atoms with Crippen LogP contribution in [0.15, 0.2) is 48.5 Å². The molecule has 0 radical (unpaired) electrons. The first kappa shape index (κ1) is 73.4. The molecule has 25 nitrogen and oxygen atoms in total. The van der Waals surface area contributed by atoms with Crippen LogP contribution in [0.5, 0.6) is 11.5 Å². The smallest absolute Gasteiger partial charge is 0.321 e. The van der Waals surface area contributed by atoms with Crippen molar-refractivity contribution in [2.45, 2.75) is 163 Å². The number of hydrogen-bond donors (Lipinski definition) is 9. The number of carbonyl (C=O) groups excluding carboxylic acids is 12. The van der Waals surface area contributed by atoms with Crippen molar-refractivity contribution in [3.63, 3.8) is 0 Å². The van der Waals surface area contributed by atoms with Crippen LogP contribution in [0.25, 0.3) is 0 Å². The third-order valence-corrected chi connectivity index (χ3v) is 17.8. The van der Waals surface area contributed by atoms with Gasteiger partial charge in [-0.3, -0.25) is 73.0 Å². The Kier molecular flexibility index (Phi) is 27.6. The van der Waals surface area contributed by atoms with Crippen LogP contribution in [0.1, 0.15) is 168 Å². The van der Waals surface area contributed by atoms with Crippen molar-refractivity contribution in [2.75, 3.05) is 26.2 Å². The zero-order chi connectivity index (χ0) is 65.2. The van der Waals surface area contributed by atoms with Crippen LogP contribution in [0.3, 0.4) is 0 Å². The number of ketones is 4. The summed E-state index contributed by atoms with van der Waals surface area (Å²) >= 11 is 0. The molecular weight excluding hydrogens is 1150 g/mol. The molecule has 2 aromatic carbocycles. The van der Waals surface area contributed by atoms with E-state index in [0.717, 1.165) is 24.0 Å². The Hall–Kier alpha value is -8.06. The SMILES string of the molecule is C.CC(CN)CNC(=O)CC(=O)O.CCC(C)CCC(=O)CC(C)=O.CCC(CCC(=O)CC(=O)O)CCC12C(=O)NC(=O)CC1C1(CCC(CN)CNC(=O)CC(C)=O)C(=O)NC(=O)NC21.O=C1Oc2ccccc2C2C1C1c3ccccc3OC(=O)C21. The molecule has 11 N–H and O–H groups in total. The largest absolute Gasteiger partial charge is 0.481 e. The van der Waals surface area contributed by atoms with E-state index in [2.05, 4.69) is 40.4 Å². The maximum Gasteiger partial charge on any atom is 0.321 e. The highest BCUT2D eigenvalue weighted by molar-refractivity contribution is 6.09. The molecule has 89 heavy (non-hydrogen) atoms. The lowest BCUT2D eigenvalue weighted by Gasteiger charge is -2.69. The number of benzene rings is 2. The molecule has 4 aliphatic heterocycles. The van der Waals surface area contributed by atoms with Crippen molar-refractivity contribution in [3.05, 3.63) is 59.7 Å². The van der Waals surface area contributed by atoms with Gasteiger partial charge in [-0.1, -0.05) is 84.4 Å². The highest BCUT2D eigenvalue weighted by Crippen LogP contribution is 2.68. The van der Waals surface area contributed by atoms with Gasteiger partial charge in [0.1, 0.15) is 47.5 Å². The van der Waals surface area contributed by atoms with Gasteiger partial charge >= 0.3 is 29.9 Å². The van der Waals surface area contributed by atoms with E-state index in [1.165, 1.54) is 13.8 Å². The van der Waals surface area contributed by atoms with Gasteiger partial charge in [0.15, 0.2) is 0 Å². The van der Waals surface area contributed by atoms with E-state index in [1.54, 1.807) is 12.1 Å². The van der Waals surface area contributed by atoms with E-state index in [-0.39, 0.29) is 136 Å². The van der Waals surface area contributed by atoms with Gasteiger partial charge in [-0.25, -0.2) is 4.79 Å². The second-order valence-corrected chi connectivity index (χ2v) is 24.1. The fourth-order valence-corrected chi connectivity index (χ4v) is 12.8. The van der Waals surface area contributed by atoms with Gasteiger partial charge in [-0.05, 0) is 112 Å². The molecule has 7 amide bonds. The number of esters is 2. The summed E-state index contributed by atoms with van der Waals surface area (Å²) in [5.74, 6) is -5.87. The fourth-order valence-electron chi connectivity index (χ4n) is 12.8. The van der Waals surface area contributed by atoms with Crippen LogP contribution in [-0.2, 0) is 62.3 Å². The molecule has 2 aliphatic carbocycles. The van der Waals surface area contributed by atoms with Crippen molar-refractivity contribution in [2.24, 2.45) is 63.7 Å². The third-order valence-electron chi connectivity index (χ3n) is 17.8. The van der Waals surface area contributed by atoms with Gasteiger partial charge in [0, 0.05) is 50.1 Å². The molecule has 8 unspecified atom stereocenters. The van der Waals surface area contributed by atoms with E-state index in [0.29, 0.717) is 62.6 Å². The average molecular weight is 1240 g/mol. The lowest BCUT2D eigenvalue weighted by atomic mass is 9.36. The van der Waals surface area contributed by atoms with Crippen LogP contribution in [0.4, 0.5) is 4.79 Å². The minimum atomic E-state index is -1.25. The van der Waals surface area contributed by atoms with E-state index < -0.39 is 83.1 Å². The van der Waals surface area contributed by atoms with Crippen LogP contribution in [0.2, 0.25) is 0 Å². The molecule has 2 saturated carbocycles. The van der Waals surface area contributed by atoms with Crippen LogP contribution < -0.4 is 47.5 Å². The second kappa shape index (κ2) is 33.5. The van der Waals surface area contributed by atoms with E-state index >= 15 is 0 Å². The number of hydrogen-bond acceptors (Lipinski definition) is 18. The molecule has 0 spiro atoms. The minimum absolute atomic E-state index is 0. The number of rotatable bonds is 28. The molecule has 0 bridgehead atoms. The Morgan fingerprint density at radius 3 is 1.57 bits per heavy atom. The molecule has 4 heterocycles. The number of urea groups is 1. The van der Waals surface area contributed by atoms with Gasteiger partial charge in [-0.2, -0.15) is 0 Å². The van der Waals surface area contributed by atoms with Crippen molar-refractivity contribution < 1.29 is 86.8 Å². The Morgan fingerprint density at radius 2 is 1.08 bits per heavy atom. The monoisotopic (exact) mass is 1240 g/mol. The highest BCUT2D eigenvalue weighted by Gasteiger charge is 2.79. The zero-order valence-electron chi connectivity index (χ0n) is 50.9. The van der Waals surface area contributed by atoms with E-state index in [9.17, 15) is 67.1 Å². The standard InChI is InChI=1S/C28H41N5O9.C18H12O4.C10H18O2.C7H14N2O3.CH4/c1-3-16(4-5-18(35)11-22(38)39)6-8-27-19(12-21(37)31-24(27)40)28(23(27)32-26(42)33-25(28)41)9-7-17(13-29)14-30-20(36)10-15(2)34;19-17-15-13(9-5-1-3-7-11(9)21-17)16-14(15)10-6-2-4-8-12(10)22-18(16)20;1-4-8(2)5-6-10(12)7-9(3)11;1-5(3-8)4-9-6(10)2-7(11)12;/h16-17,19,23H,3-14,29H2,1-2H3,(H,30,36)(H,38,39)(H,31,37,40)(H2,32,33,41,42);1-8,13-16H;8H,4-7H2,1-3H3;5H,2-4,8H2,1H3,(H,9,10)(H,11,12);1H4. The zero-order valence-corrected chi connectivity index (χ0v) is 50.9. The number of carboxylic acid groups (broad SMARTS) is 2. The molecule has 8 atom stereocenters. The summed E-state index contributed by atoms with van der Waals surface area (Å²) in [6.45, 7) is 12.1. The van der Waals surface area contributed by atoms with Gasteiger partial charge in [0.05, 0.1) is 41.5 Å². The molecule has 2 aromatic rings. The Morgan fingerprint density at radius 1 is 0.596 bits per heavy atom. The summed E-state index contributed by atoms with van der Waals surface area (Å²) in [6, 6.07) is 13.3. The maximum absolute atomic E-state index is 13.5. The molecule has 0 aromatic heterocycles. The van der Waals surface area contributed by atoms with Gasteiger partial charge in [-0.15, -0.1) is 0 Å². The van der Waals surface area contributed by atoms with Crippen LogP contribution >= 0.6 is 0 Å².